The number of fused-ring (bicyclic) bond motifs is 1. The van der Waals surface area contributed by atoms with E-state index in [-0.39, 0.29) is 5.69 Å². The van der Waals surface area contributed by atoms with Gasteiger partial charge >= 0.3 is 6.03 Å². The van der Waals surface area contributed by atoms with Crippen LogP contribution in [0.3, 0.4) is 0 Å². The number of carbonyl (C=O) groups is 2. The fourth-order valence-electron chi connectivity index (χ4n) is 2.95. The molecule has 30 heavy (non-hydrogen) atoms. The molecule has 8 heteroatoms. The average Bonchev–Trinajstić information content (AvgIpc) is 3.13. The lowest BCUT2D eigenvalue weighted by Crippen LogP contribution is -2.19. The third-order valence-corrected chi connectivity index (χ3v) is 4.43. The molecule has 0 spiro atoms. The monoisotopic (exact) mass is 403 g/mol. The van der Waals surface area contributed by atoms with Gasteiger partial charge in [0.25, 0.3) is 5.91 Å². The van der Waals surface area contributed by atoms with Crippen molar-refractivity contribution in [1.29, 1.82) is 0 Å². The molecule has 4 N–H and O–H groups in total. The number of carbonyl (C=O) groups excluding carboxylic acids is 2. The summed E-state index contributed by atoms with van der Waals surface area (Å²) in [6.07, 6.45) is 0. The van der Waals surface area contributed by atoms with Crippen LogP contribution in [0.5, 0.6) is 0 Å². The topological polar surface area (TPSA) is 98.9 Å². The number of halogens is 1. The average molecular weight is 403 g/mol. The van der Waals surface area contributed by atoms with Gasteiger partial charge in [-0.15, -0.1) is 0 Å². The van der Waals surface area contributed by atoms with Gasteiger partial charge < -0.3 is 16.0 Å². The van der Waals surface area contributed by atoms with Crippen molar-refractivity contribution in [2.24, 2.45) is 0 Å². The van der Waals surface area contributed by atoms with Crippen LogP contribution in [0.1, 0.15) is 16.1 Å². The predicted molar refractivity (Wildman–Crippen MR) is 114 cm³/mol. The van der Waals surface area contributed by atoms with E-state index in [2.05, 4.69) is 26.1 Å². The van der Waals surface area contributed by atoms with Crippen molar-refractivity contribution in [1.82, 2.24) is 10.2 Å². The van der Waals surface area contributed by atoms with Crippen LogP contribution in [0.15, 0.2) is 66.7 Å². The Hall–Kier alpha value is -4.20. The van der Waals surface area contributed by atoms with E-state index in [0.717, 1.165) is 5.56 Å². The van der Waals surface area contributed by atoms with Crippen molar-refractivity contribution in [2.75, 3.05) is 16.0 Å². The Morgan fingerprint density at radius 3 is 2.33 bits per heavy atom. The van der Waals surface area contributed by atoms with Gasteiger partial charge in [0.2, 0.25) is 0 Å². The summed E-state index contributed by atoms with van der Waals surface area (Å²) in [6, 6.07) is 17.8. The van der Waals surface area contributed by atoms with Crippen LogP contribution in [0.2, 0.25) is 0 Å². The molecule has 150 valence electrons. The maximum atomic E-state index is 13.5. The Kier molecular flexibility index (Phi) is 5.13. The van der Waals surface area contributed by atoms with Gasteiger partial charge in [0.15, 0.2) is 5.69 Å². The number of nitrogens with zero attached hydrogens (tertiary/aromatic N) is 1. The lowest BCUT2D eigenvalue weighted by atomic mass is 10.2. The molecule has 0 saturated carbocycles. The molecule has 1 heterocycles. The van der Waals surface area contributed by atoms with Crippen molar-refractivity contribution < 1.29 is 14.0 Å². The molecule has 0 unspecified atom stereocenters. The summed E-state index contributed by atoms with van der Waals surface area (Å²) in [6.45, 7) is 1.96. The molecular weight excluding hydrogens is 385 g/mol. The SMILES string of the molecule is Cc1ccc(NC(=O)Nc2cccc(NC(=O)c3n[nH]c4ccc(F)cc34)c2)cc1. The molecule has 3 aromatic carbocycles. The lowest BCUT2D eigenvalue weighted by Gasteiger charge is -2.10. The number of H-pyrrole nitrogens is 1. The molecule has 7 nitrogen and oxygen atoms in total. The fourth-order valence-corrected chi connectivity index (χ4v) is 2.95. The highest BCUT2D eigenvalue weighted by Crippen LogP contribution is 2.20. The molecule has 3 amide bonds. The molecule has 4 rings (SSSR count). The van der Waals surface area contributed by atoms with E-state index in [9.17, 15) is 14.0 Å². The van der Waals surface area contributed by atoms with E-state index < -0.39 is 17.8 Å². The zero-order valence-corrected chi connectivity index (χ0v) is 16.0. The van der Waals surface area contributed by atoms with E-state index in [0.29, 0.717) is 28.0 Å². The van der Waals surface area contributed by atoms with E-state index in [1.54, 1.807) is 24.3 Å². The highest BCUT2D eigenvalue weighted by molar-refractivity contribution is 6.11. The largest absolute Gasteiger partial charge is 0.323 e. The Bertz CT molecular complexity index is 1230. The number of hydrogen-bond acceptors (Lipinski definition) is 3. The van der Waals surface area contributed by atoms with E-state index in [1.807, 2.05) is 31.2 Å². The second-order valence-electron chi connectivity index (χ2n) is 6.74. The van der Waals surface area contributed by atoms with Crippen LogP contribution in [-0.2, 0) is 0 Å². The molecule has 1 aromatic heterocycles. The van der Waals surface area contributed by atoms with Crippen molar-refractivity contribution in [2.45, 2.75) is 6.92 Å². The van der Waals surface area contributed by atoms with Crippen molar-refractivity contribution in [3.8, 4) is 0 Å². The van der Waals surface area contributed by atoms with Gasteiger partial charge in [0.1, 0.15) is 5.82 Å². The second kappa shape index (κ2) is 8.04. The van der Waals surface area contributed by atoms with Gasteiger partial charge in [-0.3, -0.25) is 9.89 Å². The van der Waals surface area contributed by atoms with Crippen molar-refractivity contribution in [3.63, 3.8) is 0 Å². The summed E-state index contributed by atoms with van der Waals surface area (Å²) >= 11 is 0. The molecule has 0 atom stereocenters. The standard InChI is InChI=1S/C22H18FN5O2/c1-13-5-8-15(9-6-13)25-22(30)26-17-4-2-3-16(12-17)24-21(29)20-18-11-14(23)7-10-19(18)27-28-20/h2-12H,1H3,(H,24,29)(H,27,28)(H2,25,26,30). The summed E-state index contributed by atoms with van der Waals surface area (Å²) in [5, 5.41) is 15.2. The number of benzene rings is 3. The van der Waals surface area contributed by atoms with Crippen LogP contribution in [0.4, 0.5) is 26.2 Å². The molecule has 0 aliphatic heterocycles. The van der Waals surface area contributed by atoms with Crippen LogP contribution >= 0.6 is 0 Å². The number of aromatic nitrogens is 2. The predicted octanol–water partition coefficient (Wildman–Crippen LogP) is 4.91. The van der Waals surface area contributed by atoms with E-state index >= 15 is 0 Å². The molecule has 0 saturated heterocycles. The number of anilines is 3. The third kappa shape index (κ3) is 4.27. The fraction of sp³-hybridized carbons (Fsp3) is 0.0455. The smallest absolute Gasteiger partial charge is 0.321 e. The normalized spacial score (nSPS) is 10.6. The molecule has 4 aromatic rings. The van der Waals surface area contributed by atoms with Gasteiger partial charge in [0.05, 0.1) is 5.52 Å². The van der Waals surface area contributed by atoms with Crippen molar-refractivity contribution in [3.05, 3.63) is 83.8 Å². The summed E-state index contributed by atoms with van der Waals surface area (Å²) in [5.74, 6) is -0.947. The first-order valence-electron chi connectivity index (χ1n) is 9.18. The zero-order valence-electron chi connectivity index (χ0n) is 16.0. The zero-order chi connectivity index (χ0) is 21.1. The summed E-state index contributed by atoms with van der Waals surface area (Å²) in [4.78, 5) is 24.8. The molecule has 0 radical (unpaired) electrons. The molecule has 0 aliphatic carbocycles. The lowest BCUT2D eigenvalue weighted by molar-refractivity contribution is 0.102. The summed E-state index contributed by atoms with van der Waals surface area (Å²) in [7, 11) is 0. The number of amides is 3. The van der Waals surface area contributed by atoms with Crippen molar-refractivity contribution >= 4 is 39.9 Å². The van der Waals surface area contributed by atoms with Gasteiger partial charge in [-0.2, -0.15) is 5.10 Å². The Labute approximate surface area is 171 Å². The number of hydrogen-bond donors (Lipinski definition) is 4. The highest BCUT2D eigenvalue weighted by atomic mass is 19.1. The van der Waals surface area contributed by atoms with Crippen LogP contribution in [0.25, 0.3) is 10.9 Å². The Morgan fingerprint density at radius 1 is 0.867 bits per heavy atom. The number of aryl methyl sites for hydroxylation is 1. The van der Waals surface area contributed by atoms with E-state index in [4.69, 9.17) is 0 Å². The number of aromatic amines is 1. The number of rotatable bonds is 4. The second-order valence-corrected chi connectivity index (χ2v) is 6.74. The third-order valence-electron chi connectivity index (χ3n) is 4.43. The maximum Gasteiger partial charge on any atom is 0.323 e. The summed E-state index contributed by atoms with van der Waals surface area (Å²) in [5.41, 5.74) is 3.36. The summed E-state index contributed by atoms with van der Waals surface area (Å²) < 4.78 is 13.5. The van der Waals surface area contributed by atoms with Crippen LogP contribution in [0, 0.1) is 12.7 Å². The molecule has 0 aliphatic rings. The first kappa shape index (κ1) is 19.1. The molecule has 0 fully saturated rings. The number of urea groups is 1. The minimum absolute atomic E-state index is 0.0833. The first-order chi connectivity index (χ1) is 14.5. The Morgan fingerprint density at radius 2 is 1.57 bits per heavy atom. The van der Waals surface area contributed by atoms with Crippen LogP contribution < -0.4 is 16.0 Å². The quantitative estimate of drug-likeness (QED) is 0.390. The minimum Gasteiger partial charge on any atom is -0.321 e. The highest BCUT2D eigenvalue weighted by Gasteiger charge is 2.15. The van der Waals surface area contributed by atoms with Crippen LogP contribution in [-0.4, -0.2) is 22.1 Å². The molecular formula is C22H18FN5O2. The van der Waals surface area contributed by atoms with Gasteiger partial charge in [-0.1, -0.05) is 23.8 Å². The van der Waals surface area contributed by atoms with Gasteiger partial charge in [0, 0.05) is 22.4 Å². The van der Waals surface area contributed by atoms with Gasteiger partial charge in [-0.05, 0) is 55.5 Å². The van der Waals surface area contributed by atoms with Gasteiger partial charge in [-0.25, -0.2) is 9.18 Å². The minimum atomic E-state index is -0.492. The maximum absolute atomic E-state index is 13.5. The van der Waals surface area contributed by atoms with E-state index in [1.165, 1.54) is 18.2 Å². The first-order valence-corrected chi connectivity index (χ1v) is 9.18. The Balaban J connectivity index is 1.45. The number of nitrogens with one attached hydrogen (secondary N) is 4. The molecule has 0 bridgehead atoms.